The highest BCUT2D eigenvalue weighted by atomic mass is 16.4. The highest BCUT2D eigenvalue weighted by Crippen LogP contribution is 2.18. The van der Waals surface area contributed by atoms with Gasteiger partial charge >= 0.3 is 12.0 Å². The molecule has 6 heteroatoms. The molecule has 2 rings (SSSR count). The van der Waals surface area contributed by atoms with Crippen LogP contribution in [0.3, 0.4) is 0 Å². The van der Waals surface area contributed by atoms with Crippen molar-refractivity contribution in [2.75, 3.05) is 26.7 Å². The summed E-state index contributed by atoms with van der Waals surface area (Å²) in [5.74, 6) is -0.888. The standard InChI is InChI=1S/C13H23N3O3/c1-15-8-6-10(9-15)14-13(19)16-7-4-2-3-5-11(16)12(17)18/h10-11H,2-9H2,1H3,(H,14,19)(H,17,18). The van der Waals surface area contributed by atoms with Gasteiger partial charge in [-0.1, -0.05) is 12.8 Å². The molecule has 2 amide bonds. The molecule has 0 aromatic carbocycles. The van der Waals surface area contributed by atoms with Crippen molar-refractivity contribution in [3.8, 4) is 0 Å². The van der Waals surface area contributed by atoms with Gasteiger partial charge in [0.15, 0.2) is 0 Å². The molecule has 108 valence electrons. The van der Waals surface area contributed by atoms with E-state index in [2.05, 4.69) is 10.2 Å². The zero-order valence-corrected chi connectivity index (χ0v) is 11.5. The molecular formula is C13H23N3O3. The summed E-state index contributed by atoms with van der Waals surface area (Å²) in [7, 11) is 2.03. The maximum Gasteiger partial charge on any atom is 0.326 e. The minimum Gasteiger partial charge on any atom is -0.480 e. The van der Waals surface area contributed by atoms with Crippen LogP contribution in [-0.4, -0.2) is 65.7 Å². The second kappa shape index (κ2) is 6.23. The van der Waals surface area contributed by atoms with Gasteiger partial charge in [0.2, 0.25) is 0 Å². The summed E-state index contributed by atoms with van der Waals surface area (Å²) in [5, 5.41) is 12.2. The number of carboxylic acids is 1. The molecule has 0 bridgehead atoms. The normalized spacial score (nSPS) is 29.0. The number of nitrogens with one attached hydrogen (secondary N) is 1. The number of hydrogen-bond acceptors (Lipinski definition) is 3. The number of carboxylic acid groups (broad SMARTS) is 1. The lowest BCUT2D eigenvalue weighted by Crippen LogP contribution is -2.52. The fourth-order valence-corrected chi connectivity index (χ4v) is 2.92. The average molecular weight is 269 g/mol. The fourth-order valence-electron chi connectivity index (χ4n) is 2.92. The van der Waals surface area contributed by atoms with E-state index < -0.39 is 12.0 Å². The van der Waals surface area contributed by atoms with Crippen LogP contribution in [0.15, 0.2) is 0 Å². The Kier molecular flexibility index (Phi) is 4.63. The largest absolute Gasteiger partial charge is 0.480 e. The Labute approximate surface area is 113 Å². The van der Waals surface area contributed by atoms with E-state index in [0.717, 1.165) is 38.8 Å². The maximum absolute atomic E-state index is 12.3. The molecule has 0 aromatic rings. The molecule has 2 aliphatic rings. The third-order valence-electron chi connectivity index (χ3n) is 4.02. The number of nitrogens with zero attached hydrogens (tertiary/aromatic N) is 2. The Morgan fingerprint density at radius 1 is 1.16 bits per heavy atom. The quantitative estimate of drug-likeness (QED) is 0.775. The molecule has 0 aromatic heterocycles. The summed E-state index contributed by atoms with van der Waals surface area (Å²) in [5.41, 5.74) is 0. The van der Waals surface area contributed by atoms with Gasteiger partial charge in [-0.15, -0.1) is 0 Å². The Bertz CT molecular complexity index is 348. The molecule has 0 radical (unpaired) electrons. The first-order chi connectivity index (χ1) is 9.08. The van der Waals surface area contributed by atoms with E-state index in [-0.39, 0.29) is 12.1 Å². The third-order valence-corrected chi connectivity index (χ3v) is 4.02. The Morgan fingerprint density at radius 3 is 2.58 bits per heavy atom. The average Bonchev–Trinajstić information content (AvgIpc) is 2.65. The van der Waals surface area contributed by atoms with Crippen molar-refractivity contribution in [2.24, 2.45) is 0 Å². The van der Waals surface area contributed by atoms with Gasteiger partial charge in [0.1, 0.15) is 6.04 Å². The number of hydrogen-bond donors (Lipinski definition) is 2. The first kappa shape index (κ1) is 14.1. The molecule has 6 nitrogen and oxygen atoms in total. The van der Waals surface area contributed by atoms with E-state index in [1.165, 1.54) is 4.90 Å². The molecule has 2 unspecified atom stereocenters. The van der Waals surface area contributed by atoms with E-state index in [9.17, 15) is 14.7 Å². The van der Waals surface area contributed by atoms with E-state index in [1.54, 1.807) is 0 Å². The van der Waals surface area contributed by atoms with E-state index in [1.807, 2.05) is 7.05 Å². The van der Waals surface area contributed by atoms with Crippen LogP contribution in [0, 0.1) is 0 Å². The van der Waals surface area contributed by atoms with E-state index in [0.29, 0.717) is 13.0 Å². The first-order valence-electron chi connectivity index (χ1n) is 7.06. The number of likely N-dealkylation sites (N-methyl/N-ethyl adjacent to an activating group) is 1. The molecule has 2 atom stereocenters. The molecule has 2 aliphatic heterocycles. The maximum atomic E-state index is 12.3. The van der Waals surface area contributed by atoms with Gasteiger partial charge in [-0.25, -0.2) is 9.59 Å². The highest BCUT2D eigenvalue weighted by molar-refractivity contribution is 5.82. The number of likely N-dealkylation sites (tertiary alicyclic amines) is 2. The lowest BCUT2D eigenvalue weighted by Gasteiger charge is -2.28. The number of amides is 2. The van der Waals surface area contributed by atoms with Crippen molar-refractivity contribution in [3.05, 3.63) is 0 Å². The zero-order valence-electron chi connectivity index (χ0n) is 11.5. The predicted octanol–water partition coefficient (Wildman–Crippen LogP) is 0.729. The van der Waals surface area contributed by atoms with Crippen molar-refractivity contribution < 1.29 is 14.7 Å². The fraction of sp³-hybridized carbons (Fsp3) is 0.846. The van der Waals surface area contributed by atoms with Crippen LogP contribution >= 0.6 is 0 Å². The summed E-state index contributed by atoms with van der Waals surface area (Å²) < 4.78 is 0. The van der Waals surface area contributed by atoms with Crippen molar-refractivity contribution in [1.82, 2.24) is 15.1 Å². The predicted molar refractivity (Wildman–Crippen MR) is 71.0 cm³/mol. The Morgan fingerprint density at radius 2 is 1.95 bits per heavy atom. The van der Waals surface area contributed by atoms with Crippen molar-refractivity contribution in [3.63, 3.8) is 0 Å². The van der Waals surface area contributed by atoms with Gasteiger partial charge in [0, 0.05) is 19.1 Å². The van der Waals surface area contributed by atoms with E-state index >= 15 is 0 Å². The van der Waals surface area contributed by atoms with Gasteiger partial charge in [-0.3, -0.25) is 0 Å². The van der Waals surface area contributed by atoms with Gasteiger partial charge in [-0.2, -0.15) is 0 Å². The van der Waals surface area contributed by atoms with Gasteiger partial charge < -0.3 is 20.2 Å². The van der Waals surface area contributed by atoms with Gasteiger partial charge in [-0.05, 0) is 32.9 Å². The van der Waals surface area contributed by atoms with Gasteiger partial charge in [0.05, 0.1) is 0 Å². The van der Waals surface area contributed by atoms with Gasteiger partial charge in [0.25, 0.3) is 0 Å². The Hall–Kier alpha value is -1.30. The molecule has 0 aliphatic carbocycles. The molecule has 0 saturated carbocycles. The van der Waals surface area contributed by atoms with Crippen molar-refractivity contribution >= 4 is 12.0 Å². The van der Waals surface area contributed by atoms with Crippen molar-refractivity contribution in [2.45, 2.75) is 44.2 Å². The number of rotatable bonds is 2. The minimum atomic E-state index is -0.888. The molecule has 2 saturated heterocycles. The topological polar surface area (TPSA) is 72.9 Å². The summed E-state index contributed by atoms with van der Waals surface area (Å²) in [6.45, 7) is 2.37. The number of aliphatic carboxylic acids is 1. The lowest BCUT2D eigenvalue weighted by atomic mass is 10.1. The molecule has 0 spiro atoms. The van der Waals surface area contributed by atoms with Crippen LogP contribution in [-0.2, 0) is 4.79 Å². The first-order valence-corrected chi connectivity index (χ1v) is 7.06. The minimum absolute atomic E-state index is 0.148. The highest BCUT2D eigenvalue weighted by Gasteiger charge is 2.32. The number of carbonyl (C=O) groups is 2. The van der Waals surface area contributed by atoms with Crippen LogP contribution < -0.4 is 5.32 Å². The van der Waals surface area contributed by atoms with E-state index in [4.69, 9.17) is 0 Å². The number of urea groups is 1. The van der Waals surface area contributed by atoms with Crippen molar-refractivity contribution in [1.29, 1.82) is 0 Å². The Balaban J connectivity index is 1.96. The molecule has 19 heavy (non-hydrogen) atoms. The lowest BCUT2D eigenvalue weighted by molar-refractivity contribution is -0.142. The molecule has 2 fully saturated rings. The monoisotopic (exact) mass is 269 g/mol. The van der Waals surface area contributed by atoms with Crippen LogP contribution in [0.1, 0.15) is 32.1 Å². The molecule has 2 heterocycles. The zero-order chi connectivity index (χ0) is 13.8. The van der Waals surface area contributed by atoms with Crippen LogP contribution in [0.2, 0.25) is 0 Å². The summed E-state index contributed by atoms with van der Waals surface area (Å²) >= 11 is 0. The smallest absolute Gasteiger partial charge is 0.326 e. The SMILES string of the molecule is CN1CCC(NC(=O)N2CCCCCC2C(=O)O)C1. The summed E-state index contributed by atoms with van der Waals surface area (Å²) in [6.07, 6.45) is 4.27. The van der Waals surface area contributed by atoms with Crippen LogP contribution in [0.5, 0.6) is 0 Å². The second-order valence-corrected chi connectivity index (χ2v) is 5.59. The van der Waals surface area contributed by atoms with Crippen LogP contribution in [0.25, 0.3) is 0 Å². The second-order valence-electron chi connectivity index (χ2n) is 5.59. The van der Waals surface area contributed by atoms with Crippen LogP contribution in [0.4, 0.5) is 4.79 Å². The molecule has 2 N–H and O–H groups in total. The number of carbonyl (C=O) groups excluding carboxylic acids is 1. The third kappa shape index (κ3) is 3.59. The summed E-state index contributed by atoms with van der Waals surface area (Å²) in [4.78, 5) is 27.2. The molecular weight excluding hydrogens is 246 g/mol. The summed E-state index contributed by atoms with van der Waals surface area (Å²) in [6, 6.07) is -0.730.